The first-order valence-corrected chi connectivity index (χ1v) is 9.06. The third-order valence-corrected chi connectivity index (χ3v) is 4.62. The van der Waals surface area contributed by atoms with Crippen LogP contribution >= 0.6 is 11.6 Å². The molecule has 4 nitrogen and oxygen atoms in total. The molecule has 0 aliphatic heterocycles. The van der Waals surface area contributed by atoms with Gasteiger partial charge in [0.1, 0.15) is 11.9 Å². The molecule has 1 atom stereocenters. The molecule has 1 heterocycles. The number of para-hydroxylation sites is 1. The third-order valence-electron chi connectivity index (χ3n) is 4.33. The molecule has 0 aliphatic rings. The van der Waals surface area contributed by atoms with Crippen molar-refractivity contribution < 1.29 is 9.71 Å². The van der Waals surface area contributed by atoms with Crippen LogP contribution in [0, 0.1) is 11.7 Å². The van der Waals surface area contributed by atoms with Crippen LogP contribution in [0.4, 0.5) is 4.39 Å². The van der Waals surface area contributed by atoms with Crippen molar-refractivity contribution in [3.63, 3.8) is 0 Å². The fourth-order valence-corrected chi connectivity index (χ4v) is 3.09. The number of fused-ring (bicyclic) bond motifs is 1. The summed E-state index contributed by atoms with van der Waals surface area (Å²) >= 11 is 5.95. The van der Waals surface area contributed by atoms with E-state index in [4.69, 9.17) is 16.6 Å². The smallest absolute Gasteiger partial charge is 0.266 e. The molecule has 0 saturated heterocycles. The minimum Gasteiger partial charge on any atom is -0.338 e. The molecule has 0 fully saturated rings. The zero-order valence-electron chi connectivity index (χ0n) is 15.0. The Morgan fingerprint density at radius 1 is 1.19 bits per heavy atom. The summed E-state index contributed by atoms with van der Waals surface area (Å²) in [5, 5.41) is 2.66. The van der Waals surface area contributed by atoms with Gasteiger partial charge in [-0.15, -0.1) is 0 Å². The van der Waals surface area contributed by atoms with Crippen LogP contribution in [0.25, 0.3) is 16.6 Å². The molecule has 0 saturated carbocycles. The Bertz CT molecular complexity index is 1000. The second kappa shape index (κ2) is 7.56. The summed E-state index contributed by atoms with van der Waals surface area (Å²) in [7, 11) is 0. The molecule has 0 bridgehead atoms. The van der Waals surface area contributed by atoms with Crippen LogP contribution in [0.3, 0.4) is 0 Å². The van der Waals surface area contributed by atoms with Crippen LogP contribution in [0.1, 0.15) is 32.6 Å². The Kier molecular flexibility index (Phi) is 5.39. The van der Waals surface area contributed by atoms with E-state index in [0.717, 1.165) is 6.54 Å². The lowest BCUT2D eigenvalue weighted by Crippen LogP contribution is -2.86. The van der Waals surface area contributed by atoms with E-state index in [1.807, 2.05) is 19.1 Å². The van der Waals surface area contributed by atoms with Crippen LogP contribution in [0.15, 0.2) is 47.3 Å². The lowest BCUT2D eigenvalue weighted by atomic mass is 10.1. The first kappa shape index (κ1) is 18.5. The molecule has 136 valence electrons. The van der Waals surface area contributed by atoms with Gasteiger partial charge in [-0.3, -0.25) is 9.36 Å². The average Bonchev–Trinajstić information content (AvgIpc) is 2.62. The number of rotatable bonds is 5. The summed E-state index contributed by atoms with van der Waals surface area (Å²) in [5.41, 5.74) is 0.985. The highest BCUT2D eigenvalue weighted by molar-refractivity contribution is 6.30. The maximum absolute atomic E-state index is 13.6. The van der Waals surface area contributed by atoms with E-state index in [1.54, 1.807) is 18.2 Å². The SMILES string of the molecule is CC(C)C[NH2+][C@H](C)c1nc2ccccc2c(=O)n1-c1ccc(F)c(Cl)c1. The zero-order chi connectivity index (χ0) is 18.8. The van der Waals surface area contributed by atoms with Gasteiger partial charge >= 0.3 is 0 Å². The summed E-state index contributed by atoms with van der Waals surface area (Å²) in [6, 6.07) is 11.5. The van der Waals surface area contributed by atoms with Gasteiger partial charge in [0.25, 0.3) is 5.56 Å². The normalized spacial score (nSPS) is 12.7. The highest BCUT2D eigenvalue weighted by Gasteiger charge is 2.20. The molecule has 1 aromatic heterocycles. The second-order valence-corrected chi connectivity index (χ2v) is 7.29. The van der Waals surface area contributed by atoms with Gasteiger partial charge in [-0.1, -0.05) is 37.6 Å². The van der Waals surface area contributed by atoms with Crippen molar-refractivity contribution in [2.24, 2.45) is 5.92 Å². The van der Waals surface area contributed by atoms with E-state index >= 15 is 0 Å². The van der Waals surface area contributed by atoms with Crippen molar-refractivity contribution in [3.8, 4) is 5.69 Å². The number of benzene rings is 2. The van der Waals surface area contributed by atoms with Gasteiger partial charge in [0, 0.05) is 5.92 Å². The first-order valence-electron chi connectivity index (χ1n) is 8.69. The second-order valence-electron chi connectivity index (χ2n) is 6.88. The fourth-order valence-electron chi connectivity index (χ4n) is 2.91. The minimum absolute atomic E-state index is 0.0210. The number of quaternary nitrogens is 1. The maximum atomic E-state index is 13.6. The highest BCUT2D eigenvalue weighted by atomic mass is 35.5. The largest absolute Gasteiger partial charge is 0.338 e. The number of nitrogens with two attached hydrogens (primary N) is 1. The topological polar surface area (TPSA) is 51.5 Å². The van der Waals surface area contributed by atoms with Crippen LogP contribution in [0.5, 0.6) is 0 Å². The third kappa shape index (κ3) is 3.64. The lowest BCUT2D eigenvalue weighted by Gasteiger charge is -2.18. The van der Waals surface area contributed by atoms with Gasteiger partial charge in [0.15, 0.2) is 5.82 Å². The number of hydrogen-bond donors (Lipinski definition) is 1. The Labute approximate surface area is 156 Å². The molecule has 26 heavy (non-hydrogen) atoms. The average molecular weight is 375 g/mol. The van der Waals surface area contributed by atoms with E-state index in [-0.39, 0.29) is 16.6 Å². The molecular weight excluding hydrogens is 353 g/mol. The molecule has 2 aromatic carbocycles. The van der Waals surface area contributed by atoms with Crippen molar-refractivity contribution in [1.82, 2.24) is 9.55 Å². The molecule has 0 radical (unpaired) electrons. The lowest BCUT2D eigenvalue weighted by molar-refractivity contribution is -0.698. The highest BCUT2D eigenvalue weighted by Crippen LogP contribution is 2.21. The van der Waals surface area contributed by atoms with Gasteiger partial charge in [0.05, 0.1) is 28.2 Å². The van der Waals surface area contributed by atoms with Crippen molar-refractivity contribution in [2.45, 2.75) is 26.8 Å². The van der Waals surface area contributed by atoms with Gasteiger partial charge in [-0.05, 0) is 37.3 Å². The van der Waals surface area contributed by atoms with E-state index in [1.165, 1.54) is 16.7 Å². The predicted molar refractivity (Wildman–Crippen MR) is 102 cm³/mol. The minimum atomic E-state index is -0.516. The fraction of sp³-hybridized carbons (Fsp3) is 0.300. The summed E-state index contributed by atoms with van der Waals surface area (Å²) in [5.74, 6) is 0.619. The van der Waals surface area contributed by atoms with Crippen molar-refractivity contribution in [3.05, 3.63) is 69.5 Å². The quantitative estimate of drug-likeness (QED) is 0.743. The maximum Gasteiger partial charge on any atom is 0.266 e. The molecule has 0 spiro atoms. The Hall–Kier alpha value is -2.24. The molecule has 2 N–H and O–H groups in total. The summed E-state index contributed by atoms with van der Waals surface area (Å²) < 4.78 is 15.1. The van der Waals surface area contributed by atoms with Gasteiger partial charge in [0.2, 0.25) is 0 Å². The molecule has 6 heteroatoms. The Balaban J connectivity index is 2.23. The van der Waals surface area contributed by atoms with Crippen molar-refractivity contribution >= 4 is 22.5 Å². The van der Waals surface area contributed by atoms with Crippen LogP contribution in [-0.2, 0) is 0 Å². The van der Waals surface area contributed by atoms with E-state index < -0.39 is 5.82 Å². The summed E-state index contributed by atoms with van der Waals surface area (Å²) in [4.78, 5) is 17.9. The number of aromatic nitrogens is 2. The molecular formula is C20H22ClFN3O+. The van der Waals surface area contributed by atoms with E-state index in [0.29, 0.717) is 28.3 Å². The zero-order valence-corrected chi connectivity index (χ0v) is 15.8. The predicted octanol–water partition coefficient (Wildman–Crippen LogP) is 3.46. The summed E-state index contributed by atoms with van der Waals surface area (Å²) in [6.07, 6.45) is 0. The monoisotopic (exact) mass is 374 g/mol. The molecule has 0 unspecified atom stereocenters. The Morgan fingerprint density at radius 2 is 1.92 bits per heavy atom. The number of nitrogens with zero attached hydrogens (tertiary/aromatic N) is 2. The van der Waals surface area contributed by atoms with Crippen LogP contribution in [0.2, 0.25) is 5.02 Å². The van der Waals surface area contributed by atoms with Crippen LogP contribution < -0.4 is 10.9 Å². The number of halogens is 2. The number of hydrogen-bond acceptors (Lipinski definition) is 2. The first-order chi connectivity index (χ1) is 12.4. The van der Waals surface area contributed by atoms with Gasteiger partial charge < -0.3 is 5.32 Å². The van der Waals surface area contributed by atoms with Crippen LogP contribution in [-0.4, -0.2) is 16.1 Å². The standard InChI is InChI=1S/C20H21ClFN3O/c1-12(2)11-23-13(3)19-24-18-7-5-4-6-15(18)20(26)25(19)14-8-9-17(22)16(21)10-14/h4-10,12-13,23H,11H2,1-3H3/p+1/t13-/m1/s1. The van der Waals surface area contributed by atoms with Gasteiger partial charge in [-0.25, -0.2) is 9.37 Å². The summed E-state index contributed by atoms with van der Waals surface area (Å²) in [6.45, 7) is 7.21. The van der Waals surface area contributed by atoms with E-state index in [2.05, 4.69) is 19.2 Å². The van der Waals surface area contributed by atoms with Crippen molar-refractivity contribution in [2.75, 3.05) is 6.54 Å². The van der Waals surface area contributed by atoms with E-state index in [9.17, 15) is 9.18 Å². The molecule has 0 amide bonds. The molecule has 3 rings (SSSR count). The van der Waals surface area contributed by atoms with Crippen molar-refractivity contribution in [1.29, 1.82) is 0 Å². The Morgan fingerprint density at radius 3 is 2.62 bits per heavy atom. The van der Waals surface area contributed by atoms with Gasteiger partial charge in [-0.2, -0.15) is 0 Å². The molecule has 3 aromatic rings. The molecule has 0 aliphatic carbocycles.